The van der Waals surface area contributed by atoms with Crippen LogP contribution in [0.3, 0.4) is 0 Å². The molecule has 29 heavy (non-hydrogen) atoms. The Morgan fingerprint density at radius 3 is 2.83 bits per heavy atom. The Morgan fingerprint density at radius 1 is 1.38 bits per heavy atom. The van der Waals surface area contributed by atoms with Gasteiger partial charge in [0.2, 0.25) is 0 Å². The second-order valence-corrected chi connectivity index (χ2v) is 7.59. The summed E-state index contributed by atoms with van der Waals surface area (Å²) in [6.07, 6.45) is -0.142. The highest BCUT2D eigenvalue weighted by atomic mass is 35.5. The van der Waals surface area contributed by atoms with Gasteiger partial charge in [0.25, 0.3) is 0 Å². The summed E-state index contributed by atoms with van der Waals surface area (Å²) in [6, 6.07) is 6.90. The van der Waals surface area contributed by atoms with Crippen LogP contribution in [0.1, 0.15) is 42.4 Å². The fraction of sp³-hybridized carbons (Fsp3) is 0.524. The molecule has 2 heterocycles. The zero-order chi connectivity index (χ0) is 20.3. The lowest BCUT2D eigenvalue weighted by molar-refractivity contribution is -0.148. The zero-order valence-electron chi connectivity index (χ0n) is 17.4. The zero-order valence-corrected chi connectivity index (χ0v) is 18.3. The summed E-state index contributed by atoms with van der Waals surface area (Å²) in [5.74, 6) is -0.501. The van der Waals surface area contributed by atoms with Crippen LogP contribution in [0.5, 0.6) is 0 Å². The molecule has 1 saturated heterocycles. The van der Waals surface area contributed by atoms with Crippen molar-refractivity contribution >= 4 is 18.4 Å². The number of aromatic nitrogens is 2. The third kappa shape index (κ3) is 5.78. The smallest absolute Gasteiger partial charge is 0.328 e. The predicted octanol–water partition coefficient (Wildman–Crippen LogP) is 3.16. The third-order valence-electron chi connectivity index (χ3n) is 5.13. The number of ether oxygens (including phenoxy) is 1. The van der Waals surface area contributed by atoms with Gasteiger partial charge in [-0.2, -0.15) is 5.10 Å². The molecule has 1 unspecified atom stereocenters. The van der Waals surface area contributed by atoms with Gasteiger partial charge < -0.3 is 10.1 Å². The molecule has 160 valence electrons. The molecule has 0 spiro atoms. The monoisotopic (exact) mass is 424 g/mol. The van der Waals surface area contributed by atoms with Gasteiger partial charge in [0, 0.05) is 43.5 Å². The van der Waals surface area contributed by atoms with Crippen molar-refractivity contribution in [3.05, 3.63) is 52.6 Å². The summed E-state index contributed by atoms with van der Waals surface area (Å²) in [5, 5.41) is 7.95. The topological polar surface area (TPSA) is 59.4 Å². The Bertz CT molecular complexity index is 840. The van der Waals surface area contributed by atoms with Crippen LogP contribution in [0.2, 0.25) is 0 Å². The summed E-state index contributed by atoms with van der Waals surface area (Å²) in [5.41, 5.74) is 3.96. The summed E-state index contributed by atoms with van der Waals surface area (Å²) in [6.45, 7) is 11.0. The van der Waals surface area contributed by atoms with Crippen LogP contribution in [-0.2, 0) is 22.6 Å². The lowest BCUT2D eigenvalue weighted by Crippen LogP contribution is -2.45. The van der Waals surface area contributed by atoms with Gasteiger partial charge in [-0.05, 0) is 45.4 Å². The number of carbonyl (C=O) groups excluding carboxylic acids is 1. The minimum atomic E-state index is -0.285. The van der Waals surface area contributed by atoms with Gasteiger partial charge in [0.15, 0.2) is 0 Å². The van der Waals surface area contributed by atoms with Crippen LogP contribution in [0.25, 0.3) is 0 Å². The molecular formula is C21H30ClFN4O2. The maximum Gasteiger partial charge on any atom is 0.328 e. The predicted molar refractivity (Wildman–Crippen MR) is 113 cm³/mol. The maximum atomic E-state index is 13.7. The molecule has 1 aromatic carbocycles. The minimum Gasteiger partial charge on any atom is -0.462 e. The molecular weight excluding hydrogens is 395 g/mol. The quantitative estimate of drug-likeness (QED) is 0.722. The van der Waals surface area contributed by atoms with E-state index in [0.29, 0.717) is 6.54 Å². The first kappa shape index (κ1) is 23.3. The fourth-order valence-corrected chi connectivity index (χ4v) is 3.72. The molecule has 1 aliphatic heterocycles. The van der Waals surface area contributed by atoms with Gasteiger partial charge in [-0.15, -0.1) is 12.4 Å². The lowest BCUT2D eigenvalue weighted by Gasteiger charge is -2.36. The average molecular weight is 425 g/mol. The normalized spacial score (nSPS) is 17.2. The van der Waals surface area contributed by atoms with Crippen molar-refractivity contribution in [1.29, 1.82) is 0 Å². The highest BCUT2D eigenvalue weighted by Crippen LogP contribution is 2.26. The molecule has 0 radical (unpaired) electrons. The number of esters is 1. The molecule has 0 bridgehead atoms. The number of hydrogen-bond donors (Lipinski definition) is 1. The molecule has 0 amide bonds. The number of aryl methyl sites for hydroxylation is 1. The summed E-state index contributed by atoms with van der Waals surface area (Å²) in [7, 11) is 0. The summed E-state index contributed by atoms with van der Waals surface area (Å²) < 4.78 is 20.7. The molecule has 1 aromatic heterocycles. The second kappa shape index (κ2) is 10.2. The minimum absolute atomic E-state index is 0. The van der Waals surface area contributed by atoms with E-state index in [9.17, 15) is 9.18 Å². The van der Waals surface area contributed by atoms with Crippen molar-refractivity contribution in [1.82, 2.24) is 20.0 Å². The highest BCUT2D eigenvalue weighted by molar-refractivity contribution is 5.85. The number of carbonyl (C=O) groups is 1. The molecule has 0 aliphatic carbocycles. The van der Waals surface area contributed by atoms with Crippen LogP contribution in [-0.4, -0.2) is 46.4 Å². The molecule has 2 aromatic rings. The number of nitrogens with one attached hydrogen (secondary N) is 1. The Hall–Kier alpha value is -1.96. The standard InChI is InChI=1S/C21H29FN4O2.ClH/c1-14(2)28-21(27)13-26-16(4)19(15(3)24-26)12-25-9-8-23-11-20(25)17-6-5-7-18(22)10-17;/h5-7,10,14,20,23H,8-9,11-13H2,1-4H3;1H. The van der Waals surface area contributed by atoms with Crippen LogP contribution in [0.15, 0.2) is 24.3 Å². The average Bonchev–Trinajstić information content (AvgIpc) is 2.89. The molecule has 0 saturated carbocycles. The number of benzene rings is 1. The third-order valence-corrected chi connectivity index (χ3v) is 5.13. The molecule has 1 atom stereocenters. The van der Waals surface area contributed by atoms with E-state index < -0.39 is 0 Å². The van der Waals surface area contributed by atoms with Crippen molar-refractivity contribution in [3.63, 3.8) is 0 Å². The lowest BCUT2D eigenvalue weighted by atomic mass is 10.0. The number of hydrogen-bond acceptors (Lipinski definition) is 5. The van der Waals surface area contributed by atoms with Gasteiger partial charge in [-0.3, -0.25) is 14.4 Å². The highest BCUT2D eigenvalue weighted by Gasteiger charge is 2.26. The largest absolute Gasteiger partial charge is 0.462 e. The van der Waals surface area contributed by atoms with E-state index in [2.05, 4.69) is 15.3 Å². The fourth-order valence-electron chi connectivity index (χ4n) is 3.72. The van der Waals surface area contributed by atoms with E-state index >= 15 is 0 Å². The van der Waals surface area contributed by atoms with E-state index in [1.165, 1.54) is 6.07 Å². The van der Waals surface area contributed by atoms with E-state index in [1.807, 2.05) is 33.8 Å². The molecule has 6 nitrogen and oxygen atoms in total. The Labute approximate surface area is 177 Å². The van der Waals surface area contributed by atoms with Crippen molar-refractivity contribution in [2.45, 2.75) is 52.9 Å². The number of nitrogens with zero attached hydrogens (tertiary/aromatic N) is 3. The van der Waals surface area contributed by atoms with Crippen LogP contribution in [0.4, 0.5) is 4.39 Å². The van der Waals surface area contributed by atoms with E-state index in [0.717, 1.165) is 42.1 Å². The van der Waals surface area contributed by atoms with E-state index in [-0.39, 0.29) is 42.9 Å². The Kier molecular flexibility index (Phi) is 8.19. The Morgan fingerprint density at radius 2 is 2.14 bits per heavy atom. The first-order valence-electron chi connectivity index (χ1n) is 9.77. The molecule has 8 heteroatoms. The van der Waals surface area contributed by atoms with Gasteiger partial charge in [-0.1, -0.05) is 12.1 Å². The number of piperazine rings is 1. The van der Waals surface area contributed by atoms with Gasteiger partial charge in [-0.25, -0.2) is 4.39 Å². The van der Waals surface area contributed by atoms with E-state index in [1.54, 1.807) is 16.8 Å². The van der Waals surface area contributed by atoms with Crippen molar-refractivity contribution in [2.75, 3.05) is 19.6 Å². The summed E-state index contributed by atoms with van der Waals surface area (Å²) >= 11 is 0. The van der Waals surface area contributed by atoms with Gasteiger partial charge >= 0.3 is 5.97 Å². The van der Waals surface area contributed by atoms with Gasteiger partial charge in [0.05, 0.1) is 11.8 Å². The molecule has 1 aliphatic rings. The SMILES string of the molecule is Cc1nn(CC(=O)OC(C)C)c(C)c1CN1CCNCC1c1cccc(F)c1.Cl. The Balaban J connectivity index is 0.00000300. The molecule has 1 N–H and O–H groups in total. The van der Waals surface area contributed by atoms with Crippen molar-refractivity contribution < 1.29 is 13.9 Å². The summed E-state index contributed by atoms with van der Waals surface area (Å²) in [4.78, 5) is 14.4. The van der Waals surface area contributed by atoms with E-state index in [4.69, 9.17) is 4.74 Å². The van der Waals surface area contributed by atoms with Gasteiger partial charge in [0.1, 0.15) is 12.4 Å². The maximum absolute atomic E-state index is 13.7. The first-order chi connectivity index (χ1) is 13.3. The number of rotatable bonds is 6. The second-order valence-electron chi connectivity index (χ2n) is 7.59. The first-order valence-corrected chi connectivity index (χ1v) is 9.77. The van der Waals surface area contributed by atoms with Crippen molar-refractivity contribution in [3.8, 4) is 0 Å². The van der Waals surface area contributed by atoms with Crippen LogP contribution in [0, 0.1) is 19.7 Å². The number of halogens is 2. The van der Waals surface area contributed by atoms with Crippen LogP contribution >= 0.6 is 12.4 Å². The van der Waals surface area contributed by atoms with Crippen LogP contribution < -0.4 is 5.32 Å². The molecule has 3 rings (SSSR count). The van der Waals surface area contributed by atoms with Crippen molar-refractivity contribution in [2.24, 2.45) is 0 Å². The molecule has 1 fully saturated rings.